The topological polar surface area (TPSA) is 79.8 Å². The van der Waals surface area contributed by atoms with Gasteiger partial charge in [0.2, 0.25) is 0 Å². The highest BCUT2D eigenvalue weighted by atomic mass is 16.1. The van der Waals surface area contributed by atoms with Crippen LogP contribution < -0.4 is 10.6 Å². The van der Waals surface area contributed by atoms with Gasteiger partial charge in [0.05, 0.1) is 12.4 Å². The zero-order chi connectivity index (χ0) is 12.8. The summed E-state index contributed by atoms with van der Waals surface area (Å²) in [5.74, 6) is 0.727. The molecule has 0 saturated carbocycles. The molecule has 0 aromatic carbocycles. The van der Waals surface area contributed by atoms with Gasteiger partial charge in [-0.1, -0.05) is 6.07 Å². The van der Waals surface area contributed by atoms with E-state index in [1.165, 1.54) is 6.20 Å². The molecule has 0 aliphatic carbocycles. The molecule has 0 unspecified atom stereocenters. The van der Waals surface area contributed by atoms with Crippen LogP contribution in [0.15, 0.2) is 36.8 Å². The number of pyridine rings is 1. The quantitative estimate of drug-likeness (QED) is 0.851. The lowest BCUT2D eigenvalue weighted by Crippen LogP contribution is -2.15. The third kappa shape index (κ3) is 3.00. The molecule has 2 N–H and O–H groups in total. The van der Waals surface area contributed by atoms with Crippen LogP contribution in [0, 0.1) is 0 Å². The van der Waals surface area contributed by atoms with Crippen molar-refractivity contribution in [2.45, 2.75) is 6.92 Å². The Morgan fingerprint density at radius 1 is 1.28 bits per heavy atom. The number of anilines is 2. The van der Waals surface area contributed by atoms with Gasteiger partial charge in [-0.2, -0.15) is 0 Å². The molecule has 2 aromatic heterocycles. The Kier molecular flexibility index (Phi) is 3.80. The number of hydrogen-bond acceptors (Lipinski definition) is 5. The van der Waals surface area contributed by atoms with Crippen LogP contribution in [-0.4, -0.2) is 27.4 Å². The van der Waals surface area contributed by atoms with Crippen molar-refractivity contribution < 1.29 is 4.79 Å². The van der Waals surface area contributed by atoms with E-state index in [0.717, 1.165) is 6.54 Å². The molecule has 2 rings (SSSR count). The molecule has 1 amide bonds. The van der Waals surface area contributed by atoms with Crippen molar-refractivity contribution in [3.05, 3.63) is 42.5 Å². The summed E-state index contributed by atoms with van der Waals surface area (Å²) in [4.78, 5) is 24.0. The number of nitrogens with one attached hydrogen (secondary N) is 2. The van der Waals surface area contributed by atoms with E-state index in [0.29, 0.717) is 11.6 Å². The standard InChI is InChI=1S/C12H13N5O/c1-2-14-11-8-13-7-9(16-11)12(18)17-10-5-3-4-6-15-10/h3-8H,2H2,1H3,(H,14,16)(H,15,17,18). The van der Waals surface area contributed by atoms with Crippen molar-refractivity contribution in [3.63, 3.8) is 0 Å². The first-order chi connectivity index (χ1) is 8.79. The Labute approximate surface area is 105 Å². The van der Waals surface area contributed by atoms with Crippen LogP contribution in [0.1, 0.15) is 17.4 Å². The minimum Gasteiger partial charge on any atom is -0.369 e. The van der Waals surface area contributed by atoms with Crippen LogP contribution in [0.25, 0.3) is 0 Å². The first-order valence-corrected chi connectivity index (χ1v) is 5.58. The van der Waals surface area contributed by atoms with Gasteiger partial charge in [-0.05, 0) is 19.1 Å². The number of hydrogen-bond donors (Lipinski definition) is 2. The van der Waals surface area contributed by atoms with Crippen LogP contribution in [0.5, 0.6) is 0 Å². The maximum absolute atomic E-state index is 11.9. The highest BCUT2D eigenvalue weighted by molar-refractivity contribution is 6.02. The van der Waals surface area contributed by atoms with Gasteiger partial charge in [-0.3, -0.25) is 9.78 Å². The maximum Gasteiger partial charge on any atom is 0.277 e. The van der Waals surface area contributed by atoms with Gasteiger partial charge in [0.15, 0.2) is 0 Å². The summed E-state index contributed by atoms with van der Waals surface area (Å²) in [6, 6.07) is 5.28. The predicted octanol–water partition coefficient (Wildman–Crippen LogP) is 1.56. The third-order valence-electron chi connectivity index (χ3n) is 2.13. The molecule has 0 atom stereocenters. The Bertz CT molecular complexity index is 529. The summed E-state index contributed by atoms with van der Waals surface area (Å²) in [5.41, 5.74) is 0.249. The molecule has 0 aliphatic rings. The number of aromatic nitrogens is 3. The van der Waals surface area contributed by atoms with Crippen molar-refractivity contribution in [3.8, 4) is 0 Å². The fourth-order valence-corrected chi connectivity index (χ4v) is 1.36. The first-order valence-electron chi connectivity index (χ1n) is 5.58. The van der Waals surface area contributed by atoms with Gasteiger partial charge < -0.3 is 10.6 Å². The summed E-state index contributed by atoms with van der Waals surface area (Å²) >= 11 is 0. The van der Waals surface area contributed by atoms with E-state index < -0.39 is 0 Å². The lowest BCUT2D eigenvalue weighted by atomic mass is 10.4. The Hall–Kier alpha value is -2.50. The van der Waals surface area contributed by atoms with Crippen molar-refractivity contribution in [2.24, 2.45) is 0 Å². The third-order valence-corrected chi connectivity index (χ3v) is 2.13. The number of nitrogens with zero attached hydrogens (tertiary/aromatic N) is 3. The highest BCUT2D eigenvalue weighted by Gasteiger charge is 2.09. The van der Waals surface area contributed by atoms with Crippen molar-refractivity contribution in [2.75, 3.05) is 17.2 Å². The zero-order valence-electron chi connectivity index (χ0n) is 9.92. The van der Waals surface area contributed by atoms with Crippen molar-refractivity contribution in [1.29, 1.82) is 0 Å². The number of amides is 1. The fourth-order valence-electron chi connectivity index (χ4n) is 1.36. The van der Waals surface area contributed by atoms with Gasteiger partial charge in [-0.25, -0.2) is 9.97 Å². The van der Waals surface area contributed by atoms with E-state index in [1.54, 1.807) is 30.6 Å². The SMILES string of the molecule is CCNc1cncc(C(=O)Nc2ccccn2)n1. The monoisotopic (exact) mass is 243 g/mol. The number of carbonyl (C=O) groups excluding carboxylic acids is 1. The molecule has 0 saturated heterocycles. The Morgan fingerprint density at radius 2 is 2.17 bits per heavy atom. The number of carbonyl (C=O) groups is 1. The fraction of sp³-hybridized carbons (Fsp3) is 0.167. The predicted molar refractivity (Wildman–Crippen MR) is 68.4 cm³/mol. The molecule has 2 heterocycles. The normalized spacial score (nSPS) is 9.83. The van der Waals surface area contributed by atoms with Gasteiger partial charge in [0.25, 0.3) is 5.91 Å². The molecule has 92 valence electrons. The second-order valence-electron chi connectivity index (χ2n) is 3.49. The van der Waals surface area contributed by atoms with Crippen molar-refractivity contribution >= 4 is 17.5 Å². The molecule has 0 aliphatic heterocycles. The van der Waals surface area contributed by atoms with Crippen LogP contribution in [-0.2, 0) is 0 Å². The lowest BCUT2D eigenvalue weighted by Gasteiger charge is -2.05. The lowest BCUT2D eigenvalue weighted by molar-refractivity contribution is 0.102. The summed E-state index contributed by atoms with van der Waals surface area (Å²) in [5, 5.41) is 5.64. The smallest absolute Gasteiger partial charge is 0.277 e. The van der Waals surface area contributed by atoms with Crippen LogP contribution in [0.2, 0.25) is 0 Å². The van der Waals surface area contributed by atoms with Gasteiger partial charge in [-0.15, -0.1) is 0 Å². The van der Waals surface area contributed by atoms with Gasteiger partial charge >= 0.3 is 0 Å². The van der Waals surface area contributed by atoms with E-state index in [-0.39, 0.29) is 11.6 Å². The maximum atomic E-state index is 11.9. The largest absolute Gasteiger partial charge is 0.369 e. The molecular formula is C12H13N5O. The van der Waals surface area contributed by atoms with Crippen molar-refractivity contribution in [1.82, 2.24) is 15.0 Å². The average Bonchev–Trinajstić information content (AvgIpc) is 2.40. The van der Waals surface area contributed by atoms with E-state index in [9.17, 15) is 4.79 Å². The molecule has 0 spiro atoms. The highest BCUT2D eigenvalue weighted by Crippen LogP contribution is 2.05. The van der Waals surface area contributed by atoms with E-state index >= 15 is 0 Å². The van der Waals surface area contributed by atoms with E-state index in [2.05, 4.69) is 25.6 Å². The molecule has 2 aromatic rings. The molecule has 6 heteroatoms. The zero-order valence-corrected chi connectivity index (χ0v) is 9.92. The molecule has 0 fully saturated rings. The van der Waals surface area contributed by atoms with E-state index in [4.69, 9.17) is 0 Å². The number of rotatable bonds is 4. The van der Waals surface area contributed by atoms with Crippen LogP contribution in [0.4, 0.5) is 11.6 Å². The summed E-state index contributed by atoms with van der Waals surface area (Å²) in [6.45, 7) is 2.67. The molecule has 0 radical (unpaired) electrons. The molecule has 6 nitrogen and oxygen atoms in total. The van der Waals surface area contributed by atoms with Crippen LogP contribution in [0.3, 0.4) is 0 Å². The average molecular weight is 243 g/mol. The molecular weight excluding hydrogens is 230 g/mol. The van der Waals surface area contributed by atoms with Crippen LogP contribution >= 0.6 is 0 Å². The molecule has 18 heavy (non-hydrogen) atoms. The first kappa shape index (κ1) is 12.0. The van der Waals surface area contributed by atoms with E-state index in [1.807, 2.05) is 6.92 Å². The second kappa shape index (κ2) is 5.72. The minimum atomic E-state index is -0.332. The summed E-state index contributed by atoms with van der Waals surface area (Å²) in [6.07, 6.45) is 4.59. The Morgan fingerprint density at radius 3 is 2.89 bits per heavy atom. The Balaban J connectivity index is 2.11. The molecule has 0 bridgehead atoms. The summed E-state index contributed by atoms with van der Waals surface area (Å²) < 4.78 is 0. The van der Waals surface area contributed by atoms with Gasteiger partial charge in [0, 0.05) is 12.7 Å². The second-order valence-corrected chi connectivity index (χ2v) is 3.49. The van der Waals surface area contributed by atoms with Gasteiger partial charge in [0.1, 0.15) is 17.3 Å². The minimum absolute atomic E-state index is 0.249. The summed E-state index contributed by atoms with van der Waals surface area (Å²) in [7, 11) is 0.